The Labute approximate surface area is 117 Å². The molecule has 108 valence electrons. The molecule has 0 saturated carbocycles. The van der Waals surface area contributed by atoms with Gasteiger partial charge in [-0.05, 0) is 41.5 Å². The van der Waals surface area contributed by atoms with Crippen LogP contribution in [-0.2, 0) is 4.79 Å². The van der Waals surface area contributed by atoms with Crippen molar-refractivity contribution in [3.63, 3.8) is 0 Å². The molecule has 0 bridgehead atoms. The van der Waals surface area contributed by atoms with Gasteiger partial charge < -0.3 is 10.6 Å². The van der Waals surface area contributed by atoms with Gasteiger partial charge in [-0.25, -0.2) is 0 Å². The molecule has 0 spiro atoms. The topological polar surface area (TPSA) is 44.4 Å². The second-order valence-electron chi connectivity index (χ2n) is 6.34. The number of rotatable bonds is 2. The van der Waals surface area contributed by atoms with Gasteiger partial charge in [-0.3, -0.25) is 9.69 Å². The maximum Gasteiger partial charge on any atom is 0.237 e. The summed E-state index contributed by atoms with van der Waals surface area (Å²) < 4.78 is 0. The van der Waals surface area contributed by atoms with Gasteiger partial charge in [0.15, 0.2) is 0 Å². The standard InChI is InChI=1S/C13H27N3O.ClH/c1-9-7-16(8-10(2)14-9)11(3)12(17)15-13(4,5)6;/h9-11,14H,7-8H2,1-6H3,(H,15,17);1H. The second kappa shape index (κ2) is 6.73. The molecule has 0 aromatic carbocycles. The Morgan fingerprint density at radius 1 is 1.28 bits per heavy atom. The van der Waals surface area contributed by atoms with Gasteiger partial charge in [0.1, 0.15) is 0 Å². The van der Waals surface area contributed by atoms with Crippen molar-refractivity contribution in [2.75, 3.05) is 13.1 Å². The normalized spacial score (nSPS) is 27.2. The molecule has 0 aliphatic carbocycles. The number of halogens is 1. The fraction of sp³-hybridized carbons (Fsp3) is 0.923. The number of carbonyl (C=O) groups is 1. The third-order valence-electron chi connectivity index (χ3n) is 3.01. The minimum atomic E-state index is -0.156. The van der Waals surface area contributed by atoms with Crippen molar-refractivity contribution in [1.82, 2.24) is 15.5 Å². The predicted molar refractivity (Wildman–Crippen MR) is 78.2 cm³/mol. The highest BCUT2D eigenvalue weighted by atomic mass is 35.5. The molecule has 2 N–H and O–H groups in total. The lowest BCUT2D eigenvalue weighted by atomic mass is 10.1. The van der Waals surface area contributed by atoms with Crippen LogP contribution in [0.5, 0.6) is 0 Å². The fourth-order valence-electron chi connectivity index (χ4n) is 2.33. The third-order valence-corrected chi connectivity index (χ3v) is 3.01. The third kappa shape index (κ3) is 5.55. The average molecular weight is 278 g/mol. The van der Waals surface area contributed by atoms with Crippen LogP contribution in [0.3, 0.4) is 0 Å². The van der Waals surface area contributed by atoms with Crippen molar-refractivity contribution in [3.05, 3.63) is 0 Å². The monoisotopic (exact) mass is 277 g/mol. The zero-order valence-corrected chi connectivity index (χ0v) is 13.2. The van der Waals surface area contributed by atoms with E-state index in [-0.39, 0.29) is 29.9 Å². The Kier molecular flexibility index (Phi) is 6.61. The van der Waals surface area contributed by atoms with Crippen molar-refractivity contribution in [2.45, 2.75) is 65.2 Å². The number of hydrogen-bond donors (Lipinski definition) is 2. The average Bonchev–Trinajstić information content (AvgIpc) is 2.12. The summed E-state index contributed by atoms with van der Waals surface area (Å²) in [6.07, 6.45) is 0. The Balaban J connectivity index is 0.00000289. The zero-order chi connectivity index (χ0) is 13.2. The molecule has 1 amide bonds. The molecule has 0 radical (unpaired) electrons. The van der Waals surface area contributed by atoms with Gasteiger partial charge in [-0.15, -0.1) is 12.4 Å². The lowest BCUT2D eigenvalue weighted by Crippen LogP contribution is -2.60. The van der Waals surface area contributed by atoms with Gasteiger partial charge in [0, 0.05) is 30.7 Å². The van der Waals surface area contributed by atoms with Crippen LogP contribution in [0.25, 0.3) is 0 Å². The van der Waals surface area contributed by atoms with Crippen molar-refractivity contribution in [2.24, 2.45) is 0 Å². The van der Waals surface area contributed by atoms with E-state index >= 15 is 0 Å². The summed E-state index contributed by atoms with van der Waals surface area (Å²) in [5.41, 5.74) is -0.156. The maximum atomic E-state index is 12.1. The number of piperazine rings is 1. The Morgan fingerprint density at radius 3 is 2.11 bits per heavy atom. The molecule has 1 heterocycles. The first kappa shape index (κ1) is 17.7. The van der Waals surface area contributed by atoms with Crippen LogP contribution in [0.15, 0.2) is 0 Å². The van der Waals surface area contributed by atoms with Crippen molar-refractivity contribution < 1.29 is 4.79 Å². The fourth-order valence-corrected chi connectivity index (χ4v) is 2.33. The van der Waals surface area contributed by atoms with Crippen LogP contribution in [0.4, 0.5) is 0 Å². The largest absolute Gasteiger partial charge is 0.350 e. The van der Waals surface area contributed by atoms with Gasteiger partial charge in [-0.2, -0.15) is 0 Å². The van der Waals surface area contributed by atoms with Crippen LogP contribution in [0.2, 0.25) is 0 Å². The van der Waals surface area contributed by atoms with Gasteiger partial charge in [0.25, 0.3) is 0 Å². The molecule has 18 heavy (non-hydrogen) atoms. The smallest absolute Gasteiger partial charge is 0.237 e. The maximum absolute atomic E-state index is 12.1. The first-order valence-corrected chi connectivity index (χ1v) is 6.51. The molecule has 1 saturated heterocycles. The minimum Gasteiger partial charge on any atom is -0.350 e. The van der Waals surface area contributed by atoms with Crippen LogP contribution in [0.1, 0.15) is 41.5 Å². The summed E-state index contributed by atoms with van der Waals surface area (Å²) in [6, 6.07) is 0.841. The summed E-state index contributed by atoms with van der Waals surface area (Å²) in [6.45, 7) is 14.2. The number of amides is 1. The van der Waals surface area contributed by atoms with E-state index in [0.717, 1.165) is 13.1 Å². The van der Waals surface area contributed by atoms with Crippen LogP contribution in [-0.4, -0.2) is 47.6 Å². The molecule has 0 aromatic rings. The van der Waals surface area contributed by atoms with E-state index in [0.29, 0.717) is 12.1 Å². The van der Waals surface area contributed by atoms with Crippen LogP contribution in [0, 0.1) is 0 Å². The SMILES string of the molecule is CC1CN(C(C)C(=O)NC(C)(C)C)CC(C)N1.Cl. The van der Waals surface area contributed by atoms with Crippen molar-refractivity contribution >= 4 is 18.3 Å². The molecule has 1 rings (SSSR count). The first-order valence-electron chi connectivity index (χ1n) is 6.51. The Hall–Kier alpha value is -0.320. The van der Waals surface area contributed by atoms with E-state index in [1.165, 1.54) is 0 Å². The molecule has 4 nitrogen and oxygen atoms in total. The number of nitrogens with one attached hydrogen (secondary N) is 2. The predicted octanol–water partition coefficient (Wildman–Crippen LogP) is 1.39. The quantitative estimate of drug-likeness (QED) is 0.802. The highest BCUT2D eigenvalue weighted by Crippen LogP contribution is 2.10. The first-order chi connectivity index (χ1) is 7.69. The molecule has 3 unspecified atom stereocenters. The highest BCUT2D eigenvalue weighted by molar-refractivity contribution is 5.85. The summed E-state index contributed by atoms with van der Waals surface area (Å²) >= 11 is 0. The zero-order valence-electron chi connectivity index (χ0n) is 12.4. The number of nitrogens with zero attached hydrogens (tertiary/aromatic N) is 1. The lowest BCUT2D eigenvalue weighted by molar-refractivity contribution is -0.128. The van der Waals surface area contributed by atoms with E-state index in [1.807, 2.05) is 27.7 Å². The molecule has 1 fully saturated rings. The second-order valence-corrected chi connectivity index (χ2v) is 6.34. The number of carbonyl (C=O) groups excluding carboxylic acids is 1. The van der Waals surface area contributed by atoms with Crippen molar-refractivity contribution in [1.29, 1.82) is 0 Å². The van der Waals surface area contributed by atoms with E-state index in [1.54, 1.807) is 0 Å². The Morgan fingerprint density at radius 2 is 1.72 bits per heavy atom. The molecule has 3 atom stereocenters. The Bertz CT molecular complexity index is 268. The summed E-state index contributed by atoms with van der Waals surface area (Å²) in [5, 5.41) is 6.52. The summed E-state index contributed by atoms with van der Waals surface area (Å²) in [5.74, 6) is 0.124. The number of hydrogen-bond acceptors (Lipinski definition) is 3. The minimum absolute atomic E-state index is 0. The molecule has 5 heteroatoms. The summed E-state index contributed by atoms with van der Waals surface area (Å²) in [4.78, 5) is 14.4. The summed E-state index contributed by atoms with van der Waals surface area (Å²) in [7, 11) is 0. The van der Waals surface area contributed by atoms with Gasteiger partial charge in [0.2, 0.25) is 5.91 Å². The van der Waals surface area contributed by atoms with Crippen molar-refractivity contribution in [3.8, 4) is 0 Å². The molecule has 1 aliphatic heterocycles. The lowest BCUT2D eigenvalue weighted by Gasteiger charge is -2.39. The van der Waals surface area contributed by atoms with E-state index in [4.69, 9.17) is 0 Å². The van der Waals surface area contributed by atoms with E-state index < -0.39 is 0 Å². The van der Waals surface area contributed by atoms with Gasteiger partial charge >= 0.3 is 0 Å². The van der Waals surface area contributed by atoms with E-state index in [9.17, 15) is 4.79 Å². The van der Waals surface area contributed by atoms with Crippen LogP contribution >= 0.6 is 12.4 Å². The molecular formula is C13H28ClN3O. The van der Waals surface area contributed by atoms with Gasteiger partial charge in [-0.1, -0.05) is 0 Å². The highest BCUT2D eigenvalue weighted by Gasteiger charge is 2.29. The van der Waals surface area contributed by atoms with Crippen LogP contribution < -0.4 is 10.6 Å². The molecule has 0 aromatic heterocycles. The van der Waals surface area contributed by atoms with E-state index in [2.05, 4.69) is 29.4 Å². The van der Waals surface area contributed by atoms with Gasteiger partial charge in [0.05, 0.1) is 6.04 Å². The molecule has 1 aliphatic rings. The molecular weight excluding hydrogens is 250 g/mol.